The van der Waals surface area contributed by atoms with Crippen LogP contribution in [0.5, 0.6) is 0 Å². The molecule has 0 radical (unpaired) electrons. The molecule has 1 amide bonds. The summed E-state index contributed by atoms with van der Waals surface area (Å²) in [6, 6.07) is 13.4. The van der Waals surface area contributed by atoms with Gasteiger partial charge in [-0.15, -0.1) is 0 Å². The first-order chi connectivity index (χ1) is 18.2. The molecule has 0 aliphatic heterocycles. The zero-order valence-corrected chi connectivity index (χ0v) is 21.8. The summed E-state index contributed by atoms with van der Waals surface area (Å²) >= 11 is 0. The van der Waals surface area contributed by atoms with Gasteiger partial charge in [0.2, 0.25) is 11.4 Å². The summed E-state index contributed by atoms with van der Waals surface area (Å²) in [5, 5.41) is 3.33. The Balaban J connectivity index is 1.54. The molecule has 5 rings (SSSR count). The molecule has 0 saturated carbocycles. The summed E-state index contributed by atoms with van der Waals surface area (Å²) < 4.78 is 24.6. The first-order valence-corrected chi connectivity index (χ1v) is 14.2. The largest absolute Gasteiger partial charge is 0.324 e. The Morgan fingerprint density at radius 3 is 2.61 bits per heavy atom. The van der Waals surface area contributed by atoms with E-state index in [1.54, 1.807) is 4.57 Å². The van der Waals surface area contributed by atoms with Crippen molar-refractivity contribution < 1.29 is 18.0 Å². The number of hydrogen-bond donors (Lipinski definition) is 2. The van der Waals surface area contributed by atoms with Crippen LogP contribution < -0.4 is 16.2 Å². The lowest BCUT2D eigenvalue weighted by molar-refractivity contribution is 0.0536. The Morgan fingerprint density at radius 2 is 1.87 bits per heavy atom. The van der Waals surface area contributed by atoms with Crippen molar-refractivity contribution in [3.8, 4) is 5.69 Å². The van der Waals surface area contributed by atoms with Crippen LogP contribution in [0.3, 0.4) is 0 Å². The van der Waals surface area contributed by atoms with Crippen LogP contribution in [-0.2, 0) is 33.9 Å². The molecular weight excluding hydrogens is 506 g/mol. The van der Waals surface area contributed by atoms with E-state index in [2.05, 4.69) is 32.9 Å². The lowest BCUT2D eigenvalue weighted by Crippen LogP contribution is -2.29. The van der Waals surface area contributed by atoms with Gasteiger partial charge in [-0.05, 0) is 66.6 Å². The highest BCUT2D eigenvalue weighted by molar-refractivity contribution is 7.90. The molecule has 38 heavy (non-hydrogen) atoms. The predicted octanol–water partition coefficient (Wildman–Crippen LogP) is 2.89. The molecule has 0 atom stereocenters. The monoisotopic (exact) mass is 533 g/mol. The normalized spacial score (nSPS) is 12.9. The number of amides is 1. The Morgan fingerprint density at radius 1 is 1.11 bits per heavy atom. The first-order valence-electron chi connectivity index (χ1n) is 12.1. The minimum absolute atomic E-state index is 0.0815. The molecule has 0 saturated heterocycles. The number of carbonyl (C=O) groups is 1. The summed E-state index contributed by atoms with van der Waals surface area (Å²) in [6.07, 6.45) is 7.62. The molecule has 0 fully saturated rings. The topological polar surface area (TPSA) is 132 Å². The molecule has 0 bridgehead atoms. The number of carbonyl (C=O) groups excluding carboxylic acids is 1. The van der Waals surface area contributed by atoms with Gasteiger partial charge >= 0.3 is 0 Å². The van der Waals surface area contributed by atoms with Crippen molar-refractivity contribution in [1.82, 2.24) is 20.0 Å². The number of rotatable bonds is 8. The number of aromatic nitrogens is 3. The van der Waals surface area contributed by atoms with Crippen molar-refractivity contribution in [1.29, 1.82) is 0 Å². The molecule has 11 heteroatoms. The predicted molar refractivity (Wildman–Crippen MR) is 145 cm³/mol. The molecule has 1 aliphatic rings. The van der Waals surface area contributed by atoms with Crippen LogP contribution in [0.25, 0.3) is 16.7 Å². The van der Waals surface area contributed by atoms with E-state index >= 15 is 0 Å². The number of nitrogens with one attached hydrogen (secondary N) is 2. The van der Waals surface area contributed by atoms with E-state index in [1.165, 1.54) is 36.9 Å². The van der Waals surface area contributed by atoms with Crippen molar-refractivity contribution in [2.45, 2.75) is 25.7 Å². The van der Waals surface area contributed by atoms with Crippen molar-refractivity contribution in [2.24, 2.45) is 0 Å². The number of sulfone groups is 1. The molecule has 0 spiro atoms. The minimum Gasteiger partial charge on any atom is -0.324 e. The van der Waals surface area contributed by atoms with Gasteiger partial charge in [0.1, 0.15) is 15.4 Å². The van der Waals surface area contributed by atoms with Crippen LogP contribution in [0, 0.1) is 0 Å². The molecule has 4 aromatic rings. The third kappa shape index (κ3) is 5.43. The molecule has 0 unspecified atom stereocenters. The van der Waals surface area contributed by atoms with Gasteiger partial charge < -0.3 is 9.88 Å². The minimum atomic E-state index is -3.04. The van der Waals surface area contributed by atoms with Crippen LogP contribution in [0.1, 0.15) is 33.5 Å². The number of fused-ring (bicyclic) bond motifs is 2. The molecule has 2 aromatic carbocycles. The van der Waals surface area contributed by atoms with Gasteiger partial charge in [-0.25, -0.2) is 18.9 Å². The Hall–Kier alpha value is -4.09. The standard InChI is InChI=1S/C27H27N5O5S/c1-37-31-26(34)23-16-32(21-11-8-18-4-3-5-19(18)14-21)25-22(24(23)33)15-28-27(30-25)29-20-9-6-17(7-10-20)12-13-38(2,35)36/h6-11,14-16H,3-5,12-13H2,1-2H3,(H,31,34)(H,28,29,30). The molecule has 10 nitrogen and oxygen atoms in total. The Bertz CT molecular complexity index is 1700. The SMILES string of the molecule is CONC(=O)c1cn(-c2ccc3c(c2)CCC3)c2nc(Nc3ccc(CCS(C)(=O)=O)cc3)ncc2c1=O. The first kappa shape index (κ1) is 25.6. The van der Waals surface area contributed by atoms with Gasteiger partial charge in [0.15, 0.2) is 5.65 Å². The molecular formula is C27H27N5O5S. The van der Waals surface area contributed by atoms with E-state index in [0.717, 1.165) is 30.5 Å². The van der Waals surface area contributed by atoms with E-state index < -0.39 is 21.2 Å². The van der Waals surface area contributed by atoms with Gasteiger partial charge in [0, 0.05) is 30.0 Å². The van der Waals surface area contributed by atoms with Gasteiger partial charge in [-0.1, -0.05) is 18.2 Å². The van der Waals surface area contributed by atoms with Crippen molar-refractivity contribution in [3.63, 3.8) is 0 Å². The maximum atomic E-state index is 13.2. The summed E-state index contributed by atoms with van der Waals surface area (Å²) in [7, 11) is -1.74. The fraction of sp³-hybridized carbons (Fsp3) is 0.259. The number of nitrogens with zero attached hydrogens (tertiary/aromatic N) is 3. The van der Waals surface area contributed by atoms with Gasteiger partial charge in [0.25, 0.3) is 5.91 Å². The van der Waals surface area contributed by atoms with Gasteiger partial charge in [-0.2, -0.15) is 4.98 Å². The highest BCUT2D eigenvalue weighted by Gasteiger charge is 2.19. The third-order valence-electron chi connectivity index (χ3n) is 6.52. The van der Waals surface area contributed by atoms with Crippen LogP contribution in [0.15, 0.2) is 59.7 Å². The average Bonchev–Trinajstić information content (AvgIpc) is 3.36. The fourth-order valence-electron chi connectivity index (χ4n) is 4.57. The lowest BCUT2D eigenvalue weighted by atomic mass is 10.1. The highest BCUT2D eigenvalue weighted by Crippen LogP contribution is 2.26. The molecule has 2 N–H and O–H groups in total. The molecule has 2 aromatic heterocycles. The van der Waals surface area contributed by atoms with Crippen LogP contribution in [0.2, 0.25) is 0 Å². The van der Waals surface area contributed by atoms with E-state index in [-0.39, 0.29) is 22.7 Å². The Labute approximate surface area is 219 Å². The second-order valence-electron chi connectivity index (χ2n) is 9.32. The highest BCUT2D eigenvalue weighted by atomic mass is 32.2. The molecule has 1 aliphatic carbocycles. The second-order valence-corrected chi connectivity index (χ2v) is 11.6. The zero-order valence-electron chi connectivity index (χ0n) is 21.0. The van der Waals surface area contributed by atoms with Gasteiger partial charge in [-0.3, -0.25) is 14.4 Å². The average molecular weight is 534 g/mol. The van der Waals surface area contributed by atoms with Crippen LogP contribution >= 0.6 is 0 Å². The van der Waals surface area contributed by atoms with Crippen molar-refractivity contribution >= 4 is 38.4 Å². The van der Waals surface area contributed by atoms with Crippen LogP contribution in [0.4, 0.5) is 11.6 Å². The van der Waals surface area contributed by atoms with Gasteiger partial charge in [0.05, 0.1) is 18.2 Å². The number of hydrogen-bond acceptors (Lipinski definition) is 8. The van der Waals surface area contributed by atoms with Crippen LogP contribution in [-0.4, -0.2) is 48.0 Å². The summed E-state index contributed by atoms with van der Waals surface area (Å²) in [5.74, 6) is -0.310. The van der Waals surface area contributed by atoms with E-state index in [4.69, 9.17) is 4.84 Å². The number of aryl methyl sites for hydroxylation is 3. The smallest absolute Gasteiger partial charge is 0.280 e. The van der Waals surface area contributed by atoms with Crippen molar-refractivity contribution in [2.75, 3.05) is 24.4 Å². The number of benzene rings is 2. The van der Waals surface area contributed by atoms with Crippen molar-refractivity contribution in [3.05, 3.63) is 87.3 Å². The summed E-state index contributed by atoms with van der Waals surface area (Å²) in [5.41, 5.74) is 6.89. The number of anilines is 2. The third-order valence-corrected chi connectivity index (χ3v) is 7.46. The maximum absolute atomic E-state index is 13.2. The summed E-state index contributed by atoms with van der Waals surface area (Å²) in [6.45, 7) is 0. The lowest BCUT2D eigenvalue weighted by Gasteiger charge is -2.15. The fourth-order valence-corrected chi connectivity index (χ4v) is 5.18. The summed E-state index contributed by atoms with van der Waals surface area (Å²) in [4.78, 5) is 39.5. The molecule has 2 heterocycles. The zero-order chi connectivity index (χ0) is 26.9. The van der Waals surface area contributed by atoms with E-state index in [0.29, 0.717) is 17.8 Å². The maximum Gasteiger partial charge on any atom is 0.280 e. The second kappa shape index (κ2) is 10.3. The Kier molecular flexibility index (Phi) is 6.96. The van der Waals surface area contributed by atoms with E-state index in [9.17, 15) is 18.0 Å². The van der Waals surface area contributed by atoms with E-state index in [1.807, 2.05) is 30.3 Å². The number of hydroxylamine groups is 1. The molecule has 196 valence electrons. The quantitative estimate of drug-likeness (QED) is 0.331. The number of pyridine rings is 1.